The zero-order chi connectivity index (χ0) is 12.4. The van der Waals surface area contributed by atoms with Gasteiger partial charge >= 0.3 is 11.9 Å². The summed E-state index contributed by atoms with van der Waals surface area (Å²) in [5.74, 6) is -1.95. The van der Waals surface area contributed by atoms with E-state index in [0.29, 0.717) is 12.8 Å². The maximum atomic E-state index is 11.3. The first-order chi connectivity index (χ1) is 7.67. The van der Waals surface area contributed by atoms with Crippen molar-refractivity contribution < 1.29 is 19.1 Å². The Hall–Kier alpha value is -1.54. The molecule has 0 bridgehead atoms. The Morgan fingerprint density at radius 3 is 2.19 bits per heavy atom. The molecule has 0 unspecified atom stereocenters. The number of carbonyl (C=O) groups excluding carboxylic acids is 2. The zero-order valence-electron chi connectivity index (χ0n) is 9.99. The van der Waals surface area contributed by atoms with Crippen LogP contribution < -0.4 is 0 Å². The Balaban J connectivity index is 4.28. The first kappa shape index (κ1) is 14.5. The molecule has 0 saturated carbocycles. The van der Waals surface area contributed by atoms with E-state index in [-0.39, 0.29) is 0 Å². The van der Waals surface area contributed by atoms with E-state index in [1.807, 2.05) is 13.0 Å². The molecule has 0 N–H and O–H groups in total. The monoisotopic (exact) mass is 226 g/mol. The average molecular weight is 226 g/mol. The van der Waals surface area contributed by atoms with Crippen molar-refractivity contribution in [3.63, 3.8) is 0 Å². The largest absolute Gasteiger partial charge is 0.468 e. The van der Waals surface area contributed by atoms with Gasteiger partial charge in [0.2, 0.25) is 0 Å². The summed E-state index contributed by atoms with van der Waals surface area (Å²) in [6.45, 7) is 2.01. The van der Waals surface area contributed by atoms with E-state index in [9.17, 15) is 9.59 Å². The van der Waals surface area contributed by atoms with Crippen molar-refractivity contribution in [1.29, 1.82) is 0 Å². The standard InChI is InChI=1S/C12H18O4/c1-4-5-6-7-8-9-10(11(13)15-2)12(14)16-3/h5,7,10H,4,8-9H2,1-3H3. The van der Waals surface area contributed by atoms with Crippen LogP contribution in [0.5, 0.6) is 0 Å². The van der Waals surface area contributed by atoms with Gasteiger partial charge in [0.25, 0.3) is 0 Å². The van der Waals surface area contributed by atoms with Gasteiger partial charge in [-0.1, -0.05) is 6.92 Å². The minimum atomic E-state index is -0.838. The van der Waals surface area contributed by atoms with E-state index in [4.69, 9.17) is 0 Å². The average Bonchev–Trinajstić information content (AvgIpc) is 2.32. The van der Waals surface area contributed by atoms with Gasteiger partial charge in [-0.25, -0.2) is 0 Å². The Kier molecular flexibility index (Phi) is 7.90. The second kappa shape index (κ2) is 8.74. The molecule has 0 aliphatic carbocycles. The van der Waals surface area contributed by atoms with Gasteiger partial charge in [0.15, 0.2) is 5.92 Å². The van der Waals surface area contributed by atoms with E-state index >= 15 is 0 Å². The summed E-state index contributed by atoms with van der Waals surface area (Å²) in [6.07, 6.45) is 5.55. The Morgan fingerprint density at radius 2 is 1.75 bits per heavy atom. The lowest BCUT2D eigenvalue weighted by molar-refractivity contribution is -0.159. The fourth-order valence-electron chi connectivity index (χ4n) is 1.15. The summed E-state index contributed by atoms with van der Waals surface area (Å²) in [6, 6.07) is 0. The molecule has 90 valence electrons. The molecule has 0 aromatic rings. The summed E-state index contributed by atoms with van der Waals surface area (Å²) < 4.78 is 9.06. The Morgan fingerprint density at radius 1 is 1.19 bits per heavy atom. The molecule has 0 radical (unpaired) electrons. The molecular weight excluding hydrogens is 208 g/mol. The minimum Gasteiger partial charge on any atom is -0.468 e. The molecule has 0 amide bonds. The lowest BCUT2D eigenvalue weighted by atomic mass is 10.0. The fourth-order valence-corrected chi connectivity index (χ4v) is 1.15. The molecule has 0 fully saturated rings. The van der Waals surface area contributed by atoms with Gasteiger partial charge in [-0.3, -0.25) is 9.59 Å². The van der Waals surface area contributed by atoms with Crippen LogP contribution in [-0.2, 0) is 19.1 Å². The molecular formula is C12H18O4. The van der Waals surface area contributed by atoms with Gasteiger partial charge in [0.1, 0.15) is 0 Å². The van der Waals surface area contributed by atoms with Crippen molar-refractivity contribution in [2.75, 3.05) is 14.2 Å². The third-order valence-corrected chi connectivity index (χ3v) is 2.01. The molecule has 0 heterocycles. The van der Waals surface area contributed by atoms with Crippen LogP contribution >= 0.6 is 0 Å². The number of esters is 2. The highest BCUT2D eigenvalue weighted by molar-refractivity contribution is 5.94. The second-order valence-corrected chi connectivity index (χ2v) is 3.16. The predicted octanol–water partition coefficient (Wildman–Crippen LogP) is 1.85. The van der Waals surface area contributed by atoms with E-state index in [0.717, 1.165) is 6.42 Å². The highest BCUT2D eigenvalue weighted by Crippen LogP contribution is 2.11. The SMILES string of the molecule is CCC=C=CCCC(C(=O)OC)C(=O)OC. The normalized spacial score (nSPS) is 9.25. The number of ether oxygens (including phenoxy) is 2. The summed E-state index contributed by atoms with van der Waals surface area (Å²) >= 11 is 0. The van der Waals surface area contributed by atoms with Crippen LogP contribution in [0, 0.1) is 5.92 Å². The van der Waals surface area contributed by atoms with Crippen molar-refractivity contribution in [3.05, 3.63) is 17.9 Å². The van der Waals surface area contributed by atoms with Gasteiger partial charge in [0, 0.05) is 0 Å². The van der Waals surface area contributed by atoms with Crippen LogP contribution in [0.2, 0.25) is 0 Å². The van der Waals surface area contributed by atoms with E-state index in [1.54, 1.807) is 6.08 Å². The zero-order valence-corrected chi connectivity index (χ0v) is 9.99. The van der Waals surface area contributed by atoms with Crippen LogP contribution in [0.3, 0.4) is 0 Å². The van der Waals surface area contributed by atoms with Crippen LogP contribution in [0.25, 0.3) is 0 Å². The highest BCUT2D eigenvalue weighted by atomic mass is 16.5. The lowest BCUT2D eigenvalue weighted by Crippen LogP contribution is -2.26. The summed E-state index contributed by atoms with van der Waals surface area (Å²) in [5, 5.41) is 0. The molecule has 0 atom stereocenters. The number of methoxy groups -OCH3 is 2. The van der Waals surface area contributed by atoms with Gasteiger partial charge in [0.05, 0.1) is 14.2 Å². The van der Waals surface area contributed by atoms with E-state index < -0.39 is 17.9 Å². The van der Waals surface area contributed by atoms with Gasteiger partial charge in [-0.05, 0) is 31.4 Å². The Labute approximate surface area is 95.9 Å². The summed E-state index contributed by atoms with van der Waals surface area (Å²) in [5.41, 5.74) is 2.95. The van der Waals surface area contributed by atoms with Crippen LogP contribution in [0.4, 0.5) is 0 Å². The highest BCUT2D eigenvalue weighted by Gasteiger charge is 2.27. The molecule has 0 aromatic heterocycles. The quantitative estimate of drug-likeness (QED) is 0.394. The maximum Gasteiger partial charge on any atom is 0.320 e. The fraction of sp³-hybridized carbons (Fsp3) is 0.583. The lowest BCUT2D eigenvalue weighted by Gasteiger charge is -2.10. The van der Waals surface area contributed by atoms with Crippen LogP contribution in [-0.4, -0.2) is 26.2 Å². The number of hydrogen-bond donors (Lipinski definition) is 0. The first-order valence-electron chi connectivity index (χ1n) is 5.22. The van der Waals surface area contributed by atoms with Crippen molar-refractivity contribution in [1.82, 2.24) is 0 Å². The Bertz CT molecular complexity index is 271. The number of allylic oxidation sites excluding steroid dienone is 1. The van der Waals surface area contributed by atoms with E-state index in [1.165, 1.54) is 14.2 Å². The van der Waals surface area contributed by atoms with Crippen molar-refractivity contribution in [3.8, 4) is 0 Å². The maximum absolute atomic E-state index is 11.3. The van der Waals surface area contributed by atoms with Crippen molar-refractivity contribution in [2.24, 2.45) is 5.92 Å². The topological polar surface area (TPSA) is 52.6 Å². The molecule has 0 saturated heterocycles. The van der Waals surface area contributed by atoms with Crippen LogP contribution in [0.15, 0.2) is 17.9 Å². The summed E-state index contributed by atoms with van der Waals surface area (Å²) in [7, 11) is 2.51. The van der Waals surface area contributed by atoms with E-state index in [2.05, 4.69) is 15.2 Å². The number of hydrogen-bond acceptors (Lipinski definition) is 4. The molecule has 0 aliphatic heterocycles. The number of carbonyl (C=O) groups is 2. The van der Waals surface area contributed by atoms with Crippen molar-refractivity contribution in [2.45, 2.75) is 26.2 Å². The molecule has 0 rings (SSSR count). The smallest absolute Gasteiger partial charge is 0.320 e. The van der Waals surface area contributed by atoms with Gasteiger partial charge in [-0.15, -0.1) is 5.73 Å². The predicted molar refractivity (Wildman–Crippen MR) is 59.7 cm³/mol. The second-order valence-electron chi connectivity index (χ2n) is 3.16. The molecule has 0 aliphatic rings. The number of rotatable bonds is 6. The van der Waals surface area contributed by atoms with Crippen molar-refractivity contribution >= 4 is 11.9 Å². The third-order valence-electron chi connectivity index (χ3n) is 2.01. The van der Waals surface area contributed by atoms with Gasteiger partial charge in [-0.2, -0.15) is 0 Å². The van der Waals surface area contributed by atoms with Crippen LogP contribution in [0.1, 0.15) is 26.2 Å². The molecule has 0 aromatic carbocycles. The molecule has 16 heavy (non-hydrogen) atoms. The minimum absolute atomic E-state index is 0.379. The van der Waals surface area contributed by atoms with Gasteiger partial charge < -0.3 is 9.47 Å². The summed E-state index contributed by atoms with van der Waals surface area (Å²) in [4.78, 5) is 22.5. The molecule has 4 heteroatoms. The molecule has 4 nitrogen and oxygen atoms in total. The molecule has 0 spiro atoms. The first-order valence-corrected chi connectivity index (χ1v) is 5.22. The third kappa shape index (κ3) is 5.37.